The molecule has 1 amide bonds. The minimum absolute atomic E-state index is 0.171. The van der Waals surface area contributed by atoms with Crippen molar-refractivity contribution < 1.29 is 9.72 Å². The highest BCUT2D eigenvalue weighted by Gasteiger charge is 2.16. The van der Waals surface area contributed by atoms with Crippen molar-refractivity contribution in [2.75, 3.05) is 5.32 Å². The van der Waals surface area contributed by atoms with Gasteiger partial charge < -0.3 is 5.32 Å². The van der Waals surface area contributed by atoms with Gasteiger partial charge in [0.05, 0.1) is 21.2 Å². The van der Waals surface area contributed by atoms with E-state index in [-0.39, 0.29) is 16.8 Å². The van der Waals surface area contributed by atoms with Crippen LogP contribution >= 0.6 is 11.6 Å². The third-order valence-corrected chi connectivity index (χ3v) is 3.57. The summed E-state index contributed by atoms with van der Waals surface area (Å²) < 4.78 is 0. The molecule has 2 aromatic rings. The molecule has 1 N–H and O–H groups in total. The Balaban J connectivity index is 2.37. The quantitative estimate of drug-likeness (QED) is 0.392. The molecule has 0 atom stereocenters. The fraction of sp³-hybridized carbons (Fsp3) is 0.0588. The van der Waals surface area contributed by atoms with E-state index in [9.17, 15) is 20.2 Å². The minimum Gasteiger partial charge on any atom is -0.320 e. The van der Waals surface area contributed by atoms with Crippen molar-refractivity contribution in [3.8, 4) is 6.07 Å². The summed E-state index contributed by atoms with van der Waals surface area (Å²) in [5.74, 6) is -0.688. The summed E-state index contributed by atoms with van der Waals surface area (Å²) in [4.78, 5) is 22.7. The van der Waals surface area contributed by atoms with Crippen LogP contribution in [0.1, 0.15) is 11.1 Å². The van der Waals surface area contributed by atoms with Crippen LogP contribution in [0.3, 0.4) is 0 Å². The molecule has 2 rings (SSSR count). The van der Waals surface area contributed by atoms with Crippen molar-refractivity contribution in [2.45, 2.75) is 6.92 Å². The Labute approximate surface area is 143 Å². The van der Waals surface area contributed by atoms with Gasteiger partial charge in [-0.3, -0.25) is 14.9 Å². The van der Waals surface area contributed by atoms with E-state index in [1.807, 2.05) is 0 Å². The van der Waals surface area contributed by atoms with Crippen LogP contribution in [0, 0.1) is 28.4 Å². The number of carbonyl (C=O) groups excluding carboxylic acids is 1. The van der Waals surface area contributed by atoms with Crippen molar-refractivity contribution in [2.24, 2.45) is 0 Å². The molecule has 0 bridgehead atoms. The monoisotopic (exact) mass is 341 g/mol. The summed E-state index contributed by atoms with van der Waals surface area (Å²) >= 11 is 6.04. The van der Waals surface area contributed by atoms with Crippen molar-refractivity contribution in [1.82, 2.24) is 0 Å². The Morgan fingerprint density at radius 3 is 2.62 bits per heavy atom. The van der Waals surface area contributed by atoms with Gasteiger partial charge in [0.1, 0.15) is 11.6 Å². The molecule has 24 heavy (non-hydrogen) atoms. The summed E-state index contributed by atoms with van der Waals surface area (Å²) in [6.07, 6.45) is 1.18. The van der Waals surface area contributed by atoms with Crippen LogP contribution in [0.2, 0.25) is 5.02 Å². The maximum atomic E-state index is 12.3. The second-order valence-electron chi connectivity index (χ2n) is 4.87. The van der Waals surface area contributed by atoms with Crippen LogP contribution in [-0.4, -0.2) is 10.8 Å². The van der Waals surface area contributed by atoms with E-state index in [2.05, 4.69) is 5.32 Å². The number of nitrogens with zero attached hydrogens (tertiary/aromatic N) is 2. The summed E-state index contributed by atoms with van der Waals surface area (Å²) in [6, 6.07) is 12.7. The number of nitro groups is 1. The Hall–Kier alpha value is -3.17. The average Bonchev–Trinajstić information content (AvgIpc) is 2.56. The van der Waals surface area contributed by atoms with Gasteiger partial charge in [-0.05, 0) is 30.7 Å². The molecule has 0 spiro atoms. The van der Waals surface area contributed by atoms with Crippen molar-refractivity contribution >= 4 is 35.0 Å². The Morgan fingerprint density at radius 1 is 1.29 bits per heavy atom. The SMILES string of the molecule is Cc1cccc(Cl)c1NC(=O)C(C#N)=Cc1ccccc1[N+](=O)[O-]. The van der Waals surface area contributed by atoms with Gasteiger partial charge in [-0.15, -0.1) is 0 Å². The molecule has 120 valence electrons. The minimum atomic E-state index is -0.688. The molecule has 0 aliphatic heterocycles. The van der Waals surface area contributed by atoms with E-state index in [0.717, 1.165) is 5.56 Å². The molecule has 0 saturated carbocycles. The van der Waals surface area contributed by atoms with Crippen LogP contribution in [0.5, 0.6) is 0 Å². The van der Waals surface area contributed by atoms with Crippen molar-refractivity contribution in [3.63, 3.8) is 0 Å². The van der Waals surface area contributed by atoms with Crippen molar-refractivity contribution in [3.05, 3.63) is 74.3 Å². The second-order valence-corrected chi connectivity index (χ2v) is 5.28. The number of nitriles is 1. The maximum absolute atomic E-state index is 12.3. The predicted octanol–water partition coefficient (Wildman–Crippen LogP) is 4.10. The van der Waals surface area contributed by atoms with Gasteiger partial charge in [0, 0.05) is 6.07 Å². The number of nitrogens with one attached hydrogen (secondary N) is 1. The first kappa shape index (κ1) is 17.2. The van der Waals surface area contributed by atoms with Gasteiger partial charge in [0.2, 0.25) is 0 Å². The predicted molar refractivity (Wildman–Crippen MR) is 91.5 cm³/mol. The zero-order chi connectivity index (χ0) is 17.7. The molecule has 0 radical (unpaired) electrons. The largest absolute Gasteiger partial charge is 0.320 e. The normalized spacial score (nSPS) is 10.8. The molecule has 0 aromatic heterocycles. The van der Waals surface area contributed by atoms with Crippen LogP contribution in [0.4, 0.5) is 11.4 Å². The second kappa shape index (κ2) is 7.40. The number of hydrogen-bond donors (Lipinski definition) is 1. The first-order valence-corrected chi connectivity index (χ1v) is 7.23. The molecule has 0 unspecified atom stereocenters. The number of benzene rings is 2. The van der Waals surface area contributed by atoms with Gasteiger partial charge in [0.25, 0.3) is 11.6 Å². The van der Waals surface area contributed by atoms with Crippen LogP contribution < -0.4 is 5.32 Å². The van der Waals surface area contributed by atoms with E-state index in [1.165, 1.54) is 24.3 Å². The molecule has 6 nitrogen and oxygen atoms in total. The number of carbonyl (C=O) groups is 1. The number of para-hydroxylation sites is 2. The van der Waals surface area contributed by atoms with Crippen LogP contribution in [0.15, 0.2) is 48.0 Å². The van der Waals surface area contributed by atoms with Crippen LogP contribution in [-0.2, 0) is 4.79 Å². The Morgan fingerprint density at radius 2 is 2.00 bits per heavy atom. The van der Waals surface area contributed by atoms with Gasteiger partial charge in [-0.25, -0.2) is 0 Å². The molecule has 7 heteroatoms. The fourth-order valence-corrected chi connectivity index (χ4v) is 2.32. The Bertz CT molecular complexity index is 865. The number of halogens is 1. The smallest absolute Gasteiger partial charge is 0.276 e. The first-order chi connectivity index (χ1) is 11.4. The zero-order valence-corrected chi connectivity index (χ0v) is 13.4. The third kappa shape index (κ3) is 3.77. The summed E-state index contributed by atoms with van der Waals surface area (Å²) in [6.45, 7) is 1.76. The number of rotatable bonds is 4. The molecule has 0 saturated heterocycles. The third-order valence-electron chi connectivity index (χ3n) is 3.26. The number of anilines is 1. The van der Waals surface area contributed by atoms with E-state index >= 15 is 0 Å². The molecule has 2 aromatic carbocycles. The van der Waals surface area contributed by atoms with E-state index in [1.54, 1.807) is 37.3 Å². The van der Waals surface area contributed by atoms with E-state index < -0.39 is 10.8 Å². The topological polar surface area (TPSA) is 96.0 Å². The lowest BCUT2D eigenvalue weighted by molar-refractivity contribution is -0.385. The number of hydrogen-bond acceptors (Lipinski definition) is 4. The van der Waals surface area contributed by atoms with Gasteiger partial charge >= 0.3 is 0 Å². The fourth-order valence-electron chi connectivity index (χ4n) is 2.05. The highest BCUT2D eigenvalue weighted by atomic mass is 35.5. The van der Waals surface area contributed by atoms with Gasteiger partial charge in [-0.1, -0.05) is 35.9 Å². The standard InChI is InChI=1S/C17H12ClN3O3/c1-11-5-4-7-14(18)16(11)20-17(22)13(10-19)9-12-6-2-3-8-15(12)21(23)24/h2-9H,1H3,(H,20,22). The number of amides is 1. The van der Waals surface area contributed by atoms with Crippen molar-refractivity contribution in [1.29, 1.82) is 5.26 Å². The van der Waals surface area contributed by atoms with E-state index in [4.69, 9.17) is 11.6 Å². The molecule has 0 aliphatic carbocycles. The molecule has 0 fully saturated rings. The highest BCUT2D eigenvalue weighted by Crippen LogP contribution is 2.26. The van der Waals surface area contributed by atoms with Gasteiger partial charge in [-0.2, -0.15) is 5.26 Å². The number of nitro benzene ring substituents is 1. The average molecular weight is 342 g/mol. The summed E-state index contributed by atoms with van der Waals surface area (Å²) in [7, 11) is 0. The molecular weight excluding hydrogens is 330 g/mol. The van der Waals surface area contributed by atoms with Gasteiger partial charge in [0.15, 0.2) is 0 Å². The number of aryl methyl sites for hydroxylation is 1. The lowest BCUT2D eigenvalue weighted by Crippen LogP contribution is -2.14. The molecular formula is C17H12ClN3O3. The maximum Gasteiger partial charge on any atom is 0.276 e. The highest BCUT2D eigenvalue weighted by molar-refractivity contribution is 6.34. The lowest BCUT2D eigenvalue weighted by atomic mass is 10.1. The zero-order valence-electron chi connectivity index (χ0n) is 12.6. The van der Waals surface area contributed by atoms with E-state index in [0.29, 0.717) is 10.7 Å². The van der Waals surface area contributed by atoms with Crippen LogP contribution in [0.25, 0.3) is 6.08 Å². The summed E-state index contributed by atoms with van der Waals surface area (Å²) in [5, 5.41) is 23.1. The Kier molecular flexibility index (Phi) is 5.30. The lowest BCUT2D eigenvalue weighted by Gasteiger charge is -2.09. The first-order valence-electron chi connectivity index (χ1n) is 6.85. The molecule has 0 aliphatic rings. The summed E-state index contributed by atoms with van der Waals surface area (Å²) in [5.41, 5.74) is 0.854. The molecule has 0 heterocycles.